The van der Waals surface area contributed by atoms with Gasteiger partial charge in [0.1, 0.15) is 6.54 Å². The quantitative estimate of drug-likeness (QED) is 0.631. The van der Waals surface area contributed by atoms with Crippen molar-refractivity contribution >= 4 is 5.78 Å². The number of nitrogens with zero attached hydrogens (tertiary/aromatic N) is 3. The van der Waals surface area contributed by atoms with E-state index in [4.69, 9.17) is 4.52 Å². The summed E-state index contributed by atoms with van der Waals surface area (Å²) in [5.41, 5.74) is 0. The Morgan fingerprint density at radius 1 is 1.28 bits per heavy atom. The normalized spacial score (nSPS) is 11.7. The van der Waals surface area contributed by atoms with Crippen molar-refractivity contribution < 1.29 is 13.8 Å². The molecule has 0 aliphatic rings. The fourth-order valence-corrected chi connectivity index (χ4v) is 2.20. The molecule has 0 aliphatic heterocycles. The molecule has 0 bridgehead atoms. The van der Waals surface area contributed by atoms with Crippen LogP contribution in [0.4, 0.5) is 0 Å². The van der Waals surface area contributed by atoms with Gasteiger partial charge in [0.25, 0.3) is 0 Å². The number of carbonyl (C=O) groups excluding carboxylic acids is 1. The second-order valence-corrected chi connectivity index (χ2v) is 4.68. The molecule has 0 aromatic carbocycles. The second kappa shape index (κ2) is 7.26. The minimum atomic E-state index is 0.333. The number of Topliss-reactive ketones (excluding diaryl/α,β-unsaturated/α-hetero) is 1. The summed E-state index contributed by atoms with van der Waals surface area (Å²) in [6, 6.07) is 0. The van der Waals surface area contributed by atoms with Gasteiger partial charge in [0, 0.05) is 12.8 Å². The lowest BCUT2D eigenvalue weighted by Gasteiger charge is -2.35. The molecule has 0 spiro atoms. The smallest absolute Gasteiger partial charge is 0.226 e. The van der Waals surface area contributed by atoms with Gasteiger partial charge in [0.15, 0.2) is 12.1 Å². The van der Waals surface area contributed by atoms with Crippen molar-refractivity contribution in [3.63, 3.8) is 0 Å². The van der Waals surface area contributed by atoms with Gasteiger partial charge < -0.3 is 9.01 Å². The largest absolute Gasteiger partial charge is 0.340 e. The molecule has 102 valence electrons. The molecular weight excluding hydrogens is 230 g/mol. The Morgan fingerprint density at radius 3 is 2.44 bits per heavy atom. The summed E-state index contributed by atoms with van der Waals surface area (Å²) >= 11 is 0. The van der Waals surface area contributed by atoms with E-state index in [1.165, 1.54) is 6.33 Å². The monoisotopic (exact) mass is 254 g/mol. The van der Waals surface area contributed by atoms with Crippen LogP contribution in [0.2, 0.25) is 0 Å². The van der Waals surface area contributed by atoms with Crippen molar-refractivity contribution in [2.75, 3.05) is 26.2 Å². The van der Waals surface area contributed by atoms with Gasteiger partial charge in [-0.15, -0.1) is 0 Å². The van der Waals surface area contributed by atoms with Gasteiger partial charge in [-0.25, -0.2) is 0 Å². The number of rotatable bonds is 9. The summed E-state index contributed by atoms with van der Waals surface area (Å²) < 4.78 is 5.79. The lowest BCUT2D eigenvalue weighted by Crippen LogP contribution is -2.50. The Hall–Kier alpha value is -1.23. The van der Waals surface area contributed by atoms with Crippen LogP contribution in [0.25, 0.3) is 0 Å². The number of aryl methyl sites for hydroxylation is 1. The van der Waals surface area contributed by atoms with E-state index >= 15 is 0 Å². The highest BCUT2D eigenvalue weighted by Gasteiger charge is 2.24. The van der Waals surface area contributed by atoms with E-state index in [-0.39, 0.29) is 0 Å². The standard InChI is InChI=1S/C13H24N3O2/c1-4-16(5-2,6-3)10-12(17)8-7-9-13-14-11-15-18-13/h11H,4-10H2,1-3H3/q+1. The number of aromatic nitrogens is 2. The van der Waals surface area contributed by atoms with Gasteiger partial charge in [-0.05, 0) is 27.2 Å². The zero-order valence-corrected chi connectivity index (χ0v) is 11.7. The molecule has 1 aromatic rings. The molecule has 0 fully saturated rings. The third-order valence-electron chi connectivity index (χ3n) is 3.78. The Kier molecular flexibility index (Phi) is 5.98. The van der Waals surface area contributed by atoms with Crippen LogP contribution in [-0.2, 0) is 11.2 Å². The fourth-order valence-electron chi connectivity index (χ4n) is 2.20. The molecule has 18 heavy (non-hydrogen) atoms. The van der Waals surface area contributed by atoms with Gasteiger partial charge in [0.2, 0.25) is 5.89 Å². The highest BCUT2D eigenvalue weighted by Crippen LogP contribution is 2.08. The average molecular weight is 254 g/mol. The summed E-state index contributed by atoms with van der Waals surface area (Å²) in [6.07, 6.45) is 3.47. The second-order valence-electron chi connectivity index (χ2n) is 4.68. The topological polar surface area (TPSA) is 56.0 Å². The van der Waals surface area contributed by atoms with Gasteiger partial charge in [-0.2, -0.15) is 4.98 Å². The van der Waals surface area contributed by atoms with Crippen molar-refractivity contribution in [3.8, 4) is 0 Å². The van der Waals surface area contributed by atoms with E-state index in [1.807, 2.05) is 0 Å². The van der Waals surface area contributed by atoms with E-state index in [9.17, 15) is 4.79 Å². The zero-order valence-electron chi connectivity index (χ0n) is 11.7. The first-order chi connectivity index (χ1) is 8.65. The maximum absolute atomic E-state index is 12.0. The Balaban J connectivity index is 2.32. The minimum Gasteiger partial charge on any atom is -0.340 e. The first-order valence-corrected chi connectivity index (χ1v) is 6.78. The maximum Gasteiger partial charge on any atom is 0.226 e. The van der Waals surface area contributed by atoms with Crippen LogP contribution in [0.15, 0.2) is 10.9 Å². The molecule has 1 aromatic heterocycles. The number of carbonyl (C=O) groups is 1. The number of hydrogen-bond donors (Lipinski definition) is 0. The van der Waals surface area contributed by atoms with Crippen molar-refractivity contribution in [2.45, 2.75) is 40.0 Å². The van der Waals surface area contributed by atoms with Crippen LogP contribution in [0.5, 0.6) is 0 Å². The number of likely N-dealkylation sites (N-methyl/N-ethyl adjacent to an activating group) is 1. The SMILES string of the molecule is CC[N+](CC)(CC)CC(=O)CCCc1ncno1. The maximum atomic E-state index is 12.0. The van der Waals surface area contributed by atoms with E-state index in [1.54, 1.807) is 0 Å². The first kappa shape index (κ1) is 14.8. The third kappa shape index (κ3) is 4.22. The Morgan fingerprint density at radius 2 is 1.94 bits per heavy atom. The lowest BCUT2D eigenvalue weighted by atomic mass is 10.1. The van der Waals surface area contributed by atoms with Crippen LogP contribution < -0.4 is 0 Å². The molecule has 0 unspecified atom stereocenters. The van der Waals surface area contributed by atoms with Crippen molar-refractivity contribution in [1.82, 2.24) is 10.1 Å². The van der Waals surface area contributed by atoms with E-state index in [0.29, 0.717) is 31.1 Å². The molecular formula is C13H24N3O2+. The Bertz CT molecular complexity index is 337. The van der Waals surface area contributed by atoms with Gasteiger partial charge in [-0.1, -0.05) is 5.16 Å². The fraction of sp³-hybridized carbons (Fsp3) is 0.769. The highest BCUT2D eigenvalue weighted by molar-refractivity contribution is 5.79. The molecule has 1 rings (SSSR count). The van der Waals surface area contributed by atoms with Crippen molar-refractivity contribution in [3.05, 3.63) is 12.2 Å². The molecule has 5 nitrogen and oxygen atoms in total. The van der Waals surface area contributed by atoms with Crippen LogP contribution in [0.3, 0.4) is 0 Å². The third-order valence-corrected chi connectivity index (χ3v) is 3.78. The zero-order chi connectivity index (χ0) is 13.4. The number of hydrogen-bond acceptors (Lipinski definition) is 4. The average Bonchev–Trinajstić information content (AvgIpc) is 2.89. The molecule has 0 aliphatic carbocycles. The first-order valence-electron chi connectivity index (χ1n) is 6.78. The summed E-state index contributed by atoms with van der Waals surface area (Å²) in [7, 11) is 0. The molecule has 5 heteroatoms. The lowest BCUT2D eigenvalue weighted by molar-refractivity contribution is -0.915. The molecule has 0 saturated heterocycles. The van der Waals surface area contributed by atoms with Crippen LogP contribution >= 0.6 is 0 Å². The number of quaternary nitrogens is 1. The highest BCUT2D eigenvalue weighted by atomic mass is 16.5. The summed E-state index contributed by atoms with van der Waals surface area (Å²) in [5, 5.41) is 3.55. The molecule has 0 amide bonds. The Labute approximate surface area is 109 Å². The summed E-state index contributed by atoms with van der Waals surface area (Å²) in [4.78, 5) is 15.9. The molecule has 0 N–H and O–H groups in total. The summed E-state index contributed by atoms with van der Waals surface area (Å²) in [5.74, 6) is 0.949. The van der Waals surface area contributed by atoms with Gasteiger partial charge in [-0.3, -0.25) is 4.79 Å². The van der Waals surface area contributed by atoms with Gasteiger partial charge >= 0.3 is 0 Å². The van der Waals surface area contributed by atoms with E-state index in [2.05, 4.69) is 30.9 Å². The van der Waals surface area contributed by atoms with Crippen LogP contribution in [0.1, 0.15) is 39.5 Å². The molecule has 1 heterocycles. The summed E-state index contributed by atoms with van der Waals surface area (Å²) in [6.45, 7) is 10.1. The van der Waals surface area contributed by atoms with E-state index in [0.717, 1.165) is 30.5 Å². The molecule has 0 radical (unpaired) electrons. The molecule has 0 atom stereocenters. The van der Waals surface area contributed by atoms with Crippen LogP contribution in [0, 0.1) is 0 Å². The van der Waals surface area contributed by atoms with E-state index < -0.39 is 0 Å². The minimum absolute atomic E-state index is 0.333. The predicted octanol–water partition coefficient (Wildman–Crippen LogP) is 1.84. The van der Waals surface area contributed by atoms with Gasteiger partial charge in [0.05, 0.1) is 19.6 Å². The van der Waals surface area contributed by atoms with Crippen molar-refractivity contribution in [2.24, 2.45) is 0 Å². The number of ketones is 1. The predicted molar refractivity (Wildman–Crippen MR) is 69.0 cm³/mol. The van der Waals surface area contributed by atoms with Crippen LogP contribution in [-0.4, -0.2) is 46.6 Å². The van der Waals surface area contributed by atoms with Crippen molar-refractivity contribution in [1.29, 1.82) is 0 Å². The molecule has 0 saturated carbocycles.